The average molecular weight is 282 g/mol. The summed E-state index contributed by atoms with van der Waals surface area (Å²) in [6.45, 7) is 6.50. The van der Waals surface area contributed by atoms with Crippen LogP contribution in [0.3, 0.4) is 0 Å². The van der Waals surface area contributed by atoms with Gasteiger partial charge in [-0.1, -0.05) is 30.8 Å². The number of hydrogen-bond acceptors (Lipinski definition) is 5. The third-order valence-corrected chi connectivity index (χ3v) is 3.78. The van der Waals surface area contributed by atoms with Crippen molar-refractivity contribution >= 4 is 0 Å². The quantitative estimate of drug-likeness (QED) is 0.739. The monoisotopic (exact) mass is 282 g/mol. The third kappa shape index (κ3) is 4.28. The van der Waals surface area contributed by atoms with Gasteiger partial charge in [0.1, 0.15) is 12.2 Å². The van der Waals surface area contributed by atoms with Crippen molar-refractivity contribution in [3.05, 3.63) is 11.7 Å². The maximum atomic E-state index is 6.07. The van der Waals surface area contributed by atoms with Crippen molar-refractivity contribution in [2.45, 2.75) is 77.6 Å². The lowest BCUT2D eigenvalue weighted by atomic mass is 10.1. The smallest absolute Gasteiger partial charge is 0.255 e. The molecule has 2 atom stereocenters. The average Bonchev–Trinajstić information content (AvgIpc) is 2.79. The molecule has 0 aromatic carbocycles. The van der Waals surface area contributed by atoms with Crippen LogP contribution in [-0.4, -0.2) is 22.9 Å². The number of rotatable bonds is 6. The lowest BCUT2D eigenvalue weighted by Gasteiger charge is -2.18. The minimum absolute atomic E-state index is 0.136. The van der Waals surface area contributed by atoms with Crippen LogP contribution in [-0.2, 0) is 9.47 Å². The fourth-order valence-electron chi connectivity index (χ4n) is 2.63. The number of nitrogens with zero attached hydrogens (tertiary/aromatic N) is 2. The molecular formula is C15H26N2O3. The highest BCUT2D eigenvalue weighted by atomic mass is 16.5. The molecule has 2 rings (SSSR count). The van der Waals surface area contributed by atoms with Crippen molar-refractivity contribution in [2.75, 3.05) is 6.61 Å². The minimum Gasteiger partial charge on any atom is -0.371 e. The van der Waals surface area contributed by atoms with Crippen molar-refractivity contribution in [2.24, 2.45) is 0 Å². The molecule has 0 unspecified atom stereocenters. The molecule has 1 aliphatic carbocycles. The van der Waals surface area contributed by atoms with E-state index in [1.165, 1.54) is 25.7 Å². The van der Waals surface area contributed by atoms with Crippen LogP contribution in [0.15, 0.2) is 4.52 Å². The zero-order valence-electron chi connectivity index (χ0n) is 12.8. The Balaban J connectivity index is 1.89. The van der Waals surface area contributed by atoms with Crippen molar-refractivity contribution < 1.29 is 14.0 Å². The summed E-state index contributed by atoms with van der Waals surface area (Å²) in [6, 6.07) is 0. The zero-order chi connectivity index (χ0) is 14.4. The number of hydrogen-bond donors (Lipinski definition) is 0. The summed E-state index contributed by atoms with van der Waals surface area (Å²) in [5, 5.41) is 3.98. The van der Waals surface area contributed by atoms with Gasteiger partial charge in [0, 0.05) is 6.61 Å². The molecule has 1 aromatic heterocycles. The van der Waals surface area contributed by atoms with Crippen molar-refractivity contribution in [1.29, 1.82) is 0 Å². The highest BCUT2D eigenvalue weighted by Gasteiger charge is 2.22. The lowest BCUT2D eigenvalue weighted by Crippen LogP contribution is -2.15. The summed E-state index contributed by atoms with van der Waals surface area (Å²) in [4.78, 5) is 4.39. The second kappa shape index (κ2) is 7.74. The van der Waals surface area contributed by atoms with Crippen LogP contribution in [0.25, 0.3) is 0 Å². The number of ether oxygens (including phenoxy) is 2. The molecule has 0 radical (unpaired) electrons. The molecule has 0 N–H and O–H groups in total. The van der Waals surface area contributed by atoms with E-state index in [4.69, 9.17) is 14.0 Å². The highest BCUT2D eigenvalue weighted by Crippen LogP contribution is 2.26. The Hall–Kier alpha value is -0.940. The van der Waals surface area contributed by atoms with Gasteiger partial charge in [0.25, 0.3) is 5.89 Å². The summed E-state index contributed by atoms with van der Waals surface area (Å²) in [5.74, 6) is 1.15. The van der Waals surface area contributed by atoms with E-state index in [-0.39, 0.29) is 12.2 Å². The molecule has 5 heteroatoms. The molecule has 1 saturated carbocycles. The van der Waals surface area contributed by atoms with Crippen LogP contribution in [0.2, 0.25) is 0 Å². The minimum atomic E-state index is -0.145. The molecule has 114 valence electrons. The van der Waals surface area contributed by atoms with E-state index >= 15 is 0 Å². The Bertz CT molecular complexity index is 386. The first-order valence-corrected chi connectivity index (χ1v) is 7.81. The maximum absolute atomic E-state index is 6.07. The van der Waals surface area contributed by atoms with Gasteiger partial charge in [-0.2, -0.15) is 4.98 Å². The van der Waals surface area contributed by atoms with E-state index < -0.39 is 0 Å². The van der Waals surface area contributed by atoms with Crippen molar-refractivity contribution in [1.82, 2.24) is 10.1 Å². The van der Waals surface area contributed by atoms with E-state index in [9.17, 15) is 0 Å². The van der Waals surface area contributed by atoms with Crippen LogP contribution in [0, 0.1) is 0 Å². The van der Waals surface area contributed by atoms with E-state index in [1.54, 1.807) is 0 Å². The zero-order valence-corrected chi connectivity index (χ0v) is 12.8. The van der Waals surface area contributed by atoms with Gasteiger partial charge in [0.2, 0.25) is 0 Å². The fraction of sp³-hybridized carbons (Fsp3) is 0.867. The molecular weight excluding hydrogens is 256 g/mol. The van der Waals surface area contributed by atoms with Crippen LogP contribution in [0.4, 0.5) is 0 Å². The van der Waals surface area contributed by atoms with Gasteiger partial charge in [-0.15, -0.1) is 0 Å². The van der Waals surface area contributed by atoms with Crippen molar-refractivity contribution in [3.63, 3.8) is 0 Å². The second-order valence-corrected chi connectivity index (χ2v) is 5.48. The van der Waals surface area contributed by atoms with Gasteiger partial charge < -0.3 is 14.0 Å². The molecule has 0 bridgehead atoms. The van der Waals surface area contributed by atoms with Crippen LogP contribution < -0.4 is 0 Å². The van der Waals surface area contributed by atoms with Crippen LogP contribution >= 0.6 is 0 Å². The molecule has 5 nitrogen and oxygen atoms in total. The molecule has 1 aromatic rings. The first kappa shape index (κ1) is 15.4. The molecule has 0 saturated heterocycles. The molecule has 1 fully saturated rings. The van der Waals surface area contributed by atoms with Gasteiger partial charge in [0.05, 0.1) is 6.10 Å². The number of aromatic nitrogens is 2. The van der Waals surface area contributed by atoms with Gasteiger partial charge in [-0.3, -0.25) is 0 Å². The summed E-state index contributed by atoms with van der Waals surface area (Å²) < 4.78 is 16.8. The molecule has 0 spiro atoms. The SMILES string of the molecule is CCO[C@@H](C)c1noc([C@H](C)OC2CCCCCC2)n1. The van der Waals surface area contributed by atoms with Crippen LogP contribution in [0.1, 0.15) is 83.2 Å². The van der Waals surface area contributed by atoms with E-state index in [0.29, 0.717) is 24.4 Å². The molecule has 20 heavy (non-hydrogen) atoms. The van der Waals surface area contributed by atoms with Gasteiger partial charge in [-0.05, 0) is 33.6 Å². The topological polar surface area (TPSA) is 57.4 Å². The second-order valence-electron chi connectivity index (χ2n) is 5.48. The lowest BCUT2D eigenvalue weighted by molar-refractivity contribution is -0.0259. The predicted molar refractivity (Wildman–Crippen MR) is 75.3 cm³/mol. The Labute approximate surface area is 121 Å². The van der Waals surface area contributed by atoms with Crippen molar-refractivity contribution in [3.8, 4) is 0 Å². The van der Waals surface area contributed by atoms with Gasteiger partial charge >= 0.3 is 0 Å². The van der Waals surface area contributed by atoms with E-state index in [0.717, 1.165) is 12.8 Å². The summed E-state index contributed by atoms with van der Waals surface area (Å²) >= 11 is 0. The first-order chi connectivity index (χ1) is 9.70. The third-order valence-electron chi connectivity index (χ3n) is 3.78. The largest absolute Gasteiger partial charge is 0.371 e. The predicted octanol–water partition coefficient (Wildman–Crippen LogP) is 3.97. The Kier molecular flexibility index (Phi) is 5.98. The molecule has 0 amide bonds. The normalized spacial score (nSPS) is 20.6. The standard InChI is InChI=1S/C15H26N2O3/c1-4-18-11(2)14-16-15(20-17-14)12(3)19-13-9-7-5-6-8-10-13/h11-13H,4-10H2,1-3H3/t11-,12-/m0/s1. The molecule has 0 aliphatic heterocycles. The Morgan fingerprint density at radius 2 is 1.85 bits per heavy atom. The summed E-state index contributed by atoms with van der Waals surface area (Å²) in [5.41, 5.74) is 0. The Morgan fingerprint density at radius 1 is 1.15 bits per heavy atom. The summed E-state index contributed by atoms with van der Waals surface area (Å²) in [6.07, 6.45) is 7.49. The van der Waals surface area contributed by atoms with Gasteiger partial charge in [-0.25, -0.2) is 0 Å². The van der Waals surface area contributed by atoms with E-state index in [2.05, 4.69) is 10.1 Å². The van der Waals surface area contributed by atoms with Crippen LogP contribution in [0.5, 0.6) is 0 Å². The first-order valence-electron chi connectivity index (χ1n) is 7.81. The van der Waals surface area contributed by atoms with Gasteiger partial charge in [0.15, 0.2) is 5.82 Å². The molecule has 1 heterocycles. The maximum Gasteiger partial charge on any atom is 0.255 e. The fourth-order valence-corrected chi connectivity index (χ4v) is 2.63. The van der Waals surface area contributed by atoms with E-state index in [1.807, 2.05) is 20.8 Å². The summed E-state index contributed by atoms with van der Waals surface area (Å²) in [7, 11) is 0. The molecule has 1 aliphatic rings. The highest BCUT2D eigenvalue weighted by molar-refractivity contribution is 4.92. The Morgan fingerprint density at radius 3 is 2.50 bits per heavy atom.